The molecule has 1 nitrogen and oxygen atoms in total. The maximum Gasteiger partial charge on any atom is 0.186 e. The third-order valence-electron chi connectivity index (χ3n) is 2.98. The molecule has 0 heterocycles. The molecule has 0 atom stereocenters. The van der Waals surface area contributed by atoms with E-state index in [1.807, 2.05) is 12.2 Å². The van der Waals surface area contributed by atoms with Gasteiger partial charge in [0, 0.05) is 11.1 Å². The second kappa shape index (κ2) is 4.61. The number of terminal acetylenes is 1. The first-order valence-electron chi connectivity index (χ1n) is 6.22. The highest BCUT2D eigenvalue weighted by molar-refractivity contribution is 6.11. The van der Waals surface area contributed by atoms with Crippen LogP contribution in [0.25, 0.3) is 0 Å². The monoisotopic (exact) mass is 242 g/mol. The molecule has 18 heavy (non-hydrogen) atoms. The standard InChI is InChI=1S/C17H22O/c1-8-9-12-10-13(16(2,3)4)15(18)14(11-12)17(5,6)7/h1,9-11H,2-7H3. The van der Waals surface area contributed by atoms with E-state index in [2.05, 4.69) is 47.5 Å². The first kappa shape index (κ1) is 14.5. The van der Waals surface area contributed by atoms with Gasteiger partial charge in [0.1, 0.15) is 0 Å². The average molecular weight is 242 g/mol. The maximum absolute atomic E-state index is 12.6. The molecule has 0 bridgehead atoms. The molecule has 0 radical (unpaired) electrons. The highest BCUT2D eigenvalue weighted by Gasteiger charge is 2.33. The summed E-state index contributed by atoms with van der Waals surface area (Å²) >= 11 is 0. The molecule has 0 fully saturated rings. The SMILES string of the molecule is C#CC=C1C=C(C(C)(C)C)C(=O)C(C(C)(C)C)=C1. The molecule has 0 aromatic carbocycles. The van der Waals surface area contributed by atoms with E-state index < -0.39 is 0 Å². The zero-order valence-electron chi connectivity index (χ0n) is 12.2. The second-order valence-corrected chi connectivity index (χ2v) is 6.76. The van der Waals surface area contributed by atoms with Crippen molar-refractivity contribution in [2.45, 2.75) is 41.5 Å². The van der Waals surface area contributed by atoms with Crippen molar-refractivity contribution in [1.29, 1.82) is 0 Å². The minimum Gasteiger partial charge on any atom is -0.289 e. The summed E-state index contributed by atoms with van der Waals surface area (Å²) in [5, 5.41) is 0. The van der Waals surface area contributed by atoms with Gasteiger partial charge >= 0.3 is 0 Å². The number of ketones is 1. The van der Waals surface area contributed by atoms with Crippen LogP contribution < -0.4 is 0 Å². The van der Waals surface area contributed by atoms with Crippen molar-refractivity contribution in [2.75, 3.05) is 0 Å². The van der Waals surface area contributed by atoms with Gasteiger partial charge in [0.15, 0.2) is 5.78 Å². The fourth-order valence-electron chi connectivity index (χ4n) is 1.94. The zero-order valence-corrected chi connectivity index (χ0v) is 12.2. The van der Waals surface area contributed by atoms with E-state index in [1.165, 1.54) is 0 Å². The molecule has 0 saturated carbocycles. The van der Waals surface area contributed by atoms with E-state index in [9.17, 15) is 4.79 Å². The van der Waals surface area contributed by atoms with Crippen LogP contribution in [0.15, 0.2) is 34.9 Å². The van der Waals surface area contributed by atoms with Gasteiger partial charge in [0.05, 0.1) is 0 Å². The molecule has 0 unspecified atom stereocenters. The summed E-state index contributed by atoms with van der Waals surface area (Å²) in [6, 6.07) is 0. The lowest BCUT2D eigenvalue weighted by Crippen LogP contribution is -2.27. The van der Waals surface area contributed by atoms with Crippen LogP contribution >= 0.6 is 0 Å². The van der Waals surface area contributed by atoms with Gasteiger partial charge in [-0.3, -0.25) is 4.79 Å². The van der Waals surface area contributed by atoms with Crippen LogP contribution in [-0.4, -0.2) is 5.78 Å². The van der Waals surface area contributed by atoms with Gasteiger partial charge in [-0.15, -0.1) is 6.42 Å². The topological polar surface area (TPSA) is 17.1 Å². The van der Waals surface area contributed by atoms with E-state index in [4.69, 9.17) is 6.42 Å². The van der Waals surface area contributed by atoms with Crippen molar-refractivity contribution in [3.63, 3.8) is 0 Å². The minimum atomic E-state index is -0.171. The van der Waals surface area contributed by atoms with Gasteiger partial charge < -0.3 is 0 Å². The van der Waals surface area contributed by atoms with Gasteiger partial charge in [-0.2, -0.15) is 0 Å². The Hall–Kier alpha value is -1.55. The molecular weight excluding hydrogens is 220 g/mol. The summed E-state index contributed by atoms with van der Waals surface area (Å²) < 4.78 is 0. The van der Waals surface area contributed by atoms with E-state index in [0.29, 0.717) is 0 Å². The summed E-state index contributed by atoms with van der Waals surface area (Å²) in [5.74, 6) is 2.68. The van der Waals surface area contributed by atoms with Gasteiger partial charge in [0.25, 0.3) is 0 Å². The Bertz CT molecular complexity index is 455. The molecule has 0 aliphatic heterocycles. The van der Waals surface area contributed by atoms with Crippen LogP contribution in [0.3, 0.4) is 0 Å². The highest BCUT2D eigenvalue weighted by Crippen LogP contribution is 2.38. The number of allylic oxidation sites excluding steroid dienone is 6. The van der Waals surface area contributed by atoms with Crippen LogP contribution in [0.5, 0.6) is 0 Å². The Morgan fingerprint density at radius 3 is 1.67 bits per heavy atom. The molecule has 0 saturated heterocycles. The van der Waals surface area contributed by atoms with Gasteiger partial charge in [-0.25, -0.2) is 0 Å². The first-order chi connectivity index (χ1) is 8.07. The summed E-state index contributed by atoms with van der Waals surface area (Å²) in [6.07, 6.45) is 10.9. The van der Waals surface area contributed by atoms with Crippen LogP contribution in [0.2, 0.25) is 0 Å². The summed E-state index contributed by atoms with van der Waals surface area (Å²) in [7, 11) is 0. The second-order valence-electron chi connectivity index (χ2n) is 6.76. The van der Waals surface area contributed by atoms with E-state index in [-0.39, 0.29) is 16.6 Å². The first-order valence-corrected chi connectivity index (χ1v) is 6.22. The number of carbonyl (C=O) groups excluding carboxylic acids is 1. The molecule has 0 aromatic rings. The smallest absolute Gasteiger partial charge is 0.186 e. The number of hydrogen-bond donors (Lipinski definition) is 0. The van der Waals surface area contributed by atoms with E-state index >= 15 is 0 Å². The normalized spacial score (nSPS) is 16.9. The third-order valence-corrected chi connectivity index (χ3v) is 2.98. The molecule has 0 spiro atoms. The Balaban J connectivity index is 3.40. The number of Topliss-reactive ketones (excluding diaryl/α,β-unsaturated/α-hetero) is 1. The van der Waals surface area contributed by atoms with Crippen molar-refractivity contribution in [3.8, 4) is 12.3 Å². The Morgan fingerprint density at radius 2 is 1.39 bits per heavy atom. The fraction of sp³-hybridized carbons (Fsp3) is 0.471. The number of carbonyl (C=O) groups is 1. The number of rotatable bonds is 0. The molecule has 0 N–H and O–H groups in total. The molecule has 96 valence electrons. The fourth-order valence-corrected chi connectivity index (χ4v) is 1.94. The molecular formula is C17H22O. The minimum absolute atomic E-state index is 0.143. The van der Waals surface area contributed by atoms with Crippen LogP contribution in [-0.2, 0) is 4.79 Å². The zero-order chi connectivity index (χ0) is 14.1. The largest absolute Gasteiger partial charge is 0.289 e. The van der Waals surface area contributed by atoms with E-state index in [1.54, 1.807) is 6.08 Å². The van der Waals surface area contributed by atoms with E-state index in [0.717, 1.165) is 16.7 Å². The quantitative estimate of drug-likeness (QED) is 0.585. The summed E-state index contributed by atoms with van der Waals surface area (Å²) in [4.78, 5) is 12.6. The maximum atomic E-state index is 12.6. The van der Waals surface area contributed by atoms with Crippen molar-refractivity contribution in [1.82, 2.24) is 0 Å². The molecule has 1 aliphatic carbocycles. The average Bonchev–Trinajstić information content (AvgIpc) is 2.17. The van der Waals surface area contributed by atoms with Crippen molar-refractivity contribution < 1.29 is 4.79 Å². The predicted molar refractivity (Wildman–Crippen MR) is 77.0 cm³/mol. The molecule has 1 heteroatoms. The molecule has 0 aromatic heterocycles. The van der Waals surface area contributed by atoms with Crippen molar-refractivity contribution >= 4 is 5.78 Å². The Labute approximate surface area is 111 Å². The van der Waals surface area contributed by atoms with Gasteiger partial charge in [-0.1, -0.05) is 47.5 Å². The van der Waals surface area contributed by atoms with Gasteiger partial charge in [0.2, 0.25) is 0 Å². The molecule has 1 rings (SSSR count). The van der Waals surface area contributed by atoms with Crippen LogP contribution in [0.4, 0.5) is 0 Å². The number of hydrogen-bond acceptors (Lipinski definition) is 1. The lowest BCUT2D eigenvalue weighted by atomic mass is 9.72. The Kier molecular flexibility index (Phi) is 3.72. The van der Waals surface area contributed by atoms with Crippen LogP contribution in [0, 0.1) is 23.2 Å². The lowest BCUT2D eigenvalue weighted by molar-refractivity contribution is -0.114. The van der Waals surface area contributed by atoms with Gasteiger partial charge in [-0.05, 0) is 34.6 Å². The summed E-state index contributed by atoms with van der Waals surface area (Å²) in [6.45, 7) is 12.3. The highest BCUT2D eigenvalue weighted by atomic mass is 16.1. The predicted octanol–water partition coefficient (Wildman–Crippen LogP) is 4.07. The molecule has 1 aliphatic rings. The van der Waals surface area contributed by atoms with Crippen molar-refractivity contribution in [3.05, 3.63) is 34.9 Å². The summed E-state index contributed by atoms with van der Waals surface area (Å²) in [5.41, 5.74) is 2.25. The third kappa shape index (κ3) is 3.01. The Morgan fingerprint density at radius 1 is 1.00 bits per heavy atom. The van der Waals surface area contributed by atoms with Crippen LogP contribution in [0.1, 0.15) is 41.5 Å². The van der Waals surface area contributed by atoms with Crippen molar-refractivity contribution in [2.24, 2.45) is 10.8 Å². The molecule has 0 amide bonds. The lowest BCUT2D eigenvalue weighted by Gasteiger charge is -2.31.